The van der Waals surface area contributed by atoms with E-state index in [0.717, 1.165) is 30.5 Å². The second kappa shape index (κ2) is 4.46. The van der Waals surface area contributed by atoms with E-state index < -0.39 is 0 Å². The van der Waals surface area contributed by atoms with E-state index in [1.54, 1.807) is 0 Å². The summed E-state index contributed by atoms with van der Waals surface area (Å²) in [5.74, 6) is 1.55. The minimum absolute atomic E-state index is 0.138. The average molecular weight is 219 g/mol. The molecule has 1 aromatic rings. The van der Waals surface area contributed by atoms with Gasteiger partial charge >= 0.3 is 0 Å². The summed E-state index contributed by atoms with van der Waals surface area (Å²) < 4.78 is 0. The monoisotopic (exact) mass is 219 g/mol. The third kappa shape index (κ3) is 2.07. The minimum atomic E-state index is 0.138. The Kier molecular flexibility index (Phi) is 3.20. The van der Waals surface area contributed by atoms with Crippen molar-refractivity contribution in [1.82, 2.24) is 0 Å². The van der Waals surface area contributed by atoms with Gasteiger partial charge < -0.3 is 10.0 Å². The van der Waals surface area contributed by atoms with Gasteiger partial charge in [0.25, 0.3) is 0 Å². The largest absolute Gasteiger partial charge is 0.392 e. The molecule has 1 aliphatic rings. The molecular formula is C14H21NO. The van der Waals surface area contributed by atoms with E-state index in [9.17, 15) is 0 Å². The number of anilines is 1. The number of hydrogen-bond donors (Lipinski definition) is 1. The van der Waals surface area contributed by atoms with E-state index in [1.807, 2.05) is 6.07 Å². The quantitative estimate of drug-likeness (QED) is 0.826. The Morgan fingerprint density at radius 2 is 1.88 bits per heavy atom. The first-order chi connectivity index (χ1) is 7.61. The molecule has 0 saturated carbocycles. The second-order valence-corrected chi connectivity index (χ2v) is 5.13. The average Bonchev–Trinajstić information content (AvgIpc) is 2.59. The topological polar surface area (TPSA) is 23.5 Å². The van der Waals surface area contributed by atoms with Gasteiger partial charge in [-0.3, -0.25) is 0 Å². The molecule has 0 aromatic heterocycles. The van der Waals surface area contributed by atoms with E-state index in [-0.39, 0.29) is 6.61 Å². The smallest absolute Gasteiger partial charge is 0.0684 e. The summed E-state index contributed by atoms with van der Waals surface area (Å²) in [6, 6.07) is 6.36. The Balaban J connectivity index is 2.19. The van der Waals surface area contributed by atoms with Crippen molar-refractivity contribution >= 4 is 5.69 Å². The van der Waals surface area contributed by atoms with Gasteiger partial charge in [-0.15, -0.1) is 0 Å². The molecule has 2 rings (SSSR count). The van der Waals surface area contributed by atoms with Gasteiger partial charge in [0.2, 0.25) is 0 Å². The molecule has 2 unspecified atom stereocenters. The first kappa shape index (κ1) is 11.5. The summed E-state index contributed by atoms with van der Waals surface area (Å²) in [6.45, 7) is 9.15. The number of nitrogens with zero attached hydrogens (tertiary/aromatic N) is 1. The van der Waals surface area contributed by atoms with Crippen LogP contribution in [0.1, 0.15) is 25.0 Å². The molecule has 1 fully saturated rings. The molecule has 16 heavy (non-hydrogen) atoms. The van der Waals surface area contributed by atoms with Crippen LogP contribution in [0, 0.1) is 18.8 Å². The van der Waals surface area contributed by atoms with Crippen LogP contribution in [0.4, 0.5) is 5.69 Å². The Labute approximate surface area is 97.9 Å². The zero-order valence-electron chi connectivity index (χ0n) is 10.4. The number of benzene rings is 1. The number of aliphatic hydroxyl groups is 1. The highest BCUT2D eigenvalue weighted by molar-refractivity contribution is 5.51. The molecular weight excluding hydrogens is 198 g/mol. The Morgan fingerprint density at radius 1 is 1.25 bits per heavy atom. The maximum absolute atomic E-state index is 9.15. The maximum atomic E-state index is 9.15. The molecule has 1 N–H and O–H groups in total. The van der Waals surface area contributed by atoms with Crippen molar-refractivity contribution < 1.29 is 5.11 Å². The number of rotatable bonds is 2. The van der Waals surface area contributed by atoms with E-state index in [4.69, 9.17) is 5.11 Å². The van der Waals surface area contributed by atoms with E-state index in [1.165, 1.54) is 11.3 Å². The fourth-order valence-corrected chi connectivity index (χ4v) is 2.39. The third-order valence-corrected chi connectivity index (χ3v) is 3.85. The van der Waals surface area contributed by atoms with Crippen LogP contribution in [0.25, 0.3) is 0 Å². The lowest BCUT2D eigenvalue weighted by Gasteiger charge is -2.19. The molecule has 1 heterocycles. The summed E-state index contributed by atoms with van der Waals surface area (Å²) in [5.41, 5.74) is 3.52. The van der Waals surface area contributed by atoms with Crippen molar-refractivity contribution in [2.24, 2.45) is 11.8 Å². The van der Waals surface area contributed by atoms with Crippen LogP contribution in [-0.2, 0) is 6.61 Å². The molecule has 0 radical (unpaired) electrons. The van der Waals surface area contributed by atoms with Gasteiger partial charge in [-0.05, 0) is 42.0 Å². The predicted molar refractivity (Wildman–Crippen MR) is 67.6 cm³/mol. The van der Waals surface area contributed by atoms with Crippen LogP contribution < -0.4 is 4.90 Å². The van der Waals surface area contributed by atoms with Crippen molar-refractivity contribution in [3.63, 3.8) is 0 Å². The summed E-state index contributed by atoms with van der Waals surface area (Å²) in [7, 11) is 0. The highest BCUT2D eigenvalue weighted by Gasteiger charge is 2.26. The van der Waals surface area contributed by atoms with Crippen molar-refractivity contribution in [2.75, 3.05) is 18.0 Å². The third-order valence-electron chi connectivity index (χ3n) is 3.85. The molecule has 2 heteroatoms. The molecule has 0 spiro atoms. The summed E-state index contributed by atoms with van der Waals surface area (Å²) in [6.07, 6.45) is 0. The lowest BCUT2D eigenvalue weighted by molar-refractivity contribution is 0.281. The van der Waals surface area contributed by atoms with Gasteiger partial charge in [-0.25, -0.2) is 0 Å². The lowest BCUT2D eigenvalue weighted by atomic mass is 10.0. The lowest BCUT2D eigenvalue weighted by Crippen LogP contribution is -2.19. The molecule has 2 nitrogen and oxygen atoms in total. The summed E-state index contributed by atoms with van der Waals surface area (Å²) >= 11 is 0. The molecule has 0 aliphatic carbocycles. The van der Waals surface area contributed by atoms with Crippen LogP contribution in [0.3, 0.4) is 0 Å². The van der Waals surface area contributed by atoms with Crippen LogP contribution >= 0.6 is 0 Å². The van der Waals surface area contributed by atoms with Crippen molar-refractivity contribution in [3.05, 3.63) is 29.3 Å². The predicted octanol–water partition coefficient (Wildman–Crippen LogP) is 2.58. The van der Waals surface area contributed by atoms with Crippen LogP contribution in [0.2, 0.25) is 0 Å². The van der Waals surface area contributed by atoms with Crippen LogP contribution in [-0.4, -0.2) is 18.2 Å². The highest BCUT2D eigenvalue weighted by atomic mass is 16.3. The summed E-state index contributed by atoms with van der Waals surface area (Å²) in [4.78, 5) is 2.45. The normalized spacial score (nSPS) is 25.1. The SMILES string of the molecule is Cc1cc(N2CC(C)C(C)C2)ccc1CO. The summed E-state index contributed by atoms with van der Waals surface area (Å²) in [5, 5.41) is 9.15. The van der Waals surface area contributed by atoms with Crippen molar-refractivity contribution in [1.29, 1.82) is 0 Å². The molecule has 0 bridgehead atoms. The minimum Gasteiger partial charge on any atom is -0.392 e. The zero-order valence-corrected chi connectivity index (χ0v) is 10.4. The first-order valence-corrected chi connectivity index (χ1v) is 6.07. The Hall–Kier alpha value is -1.02. The highest BCUT2D eigenvalue weighted by Crippen LogP contribution is 2.28. The van der Waals surface area contributed by atoms with Crippen LogP contribution in [0.15, 0.2) is 18.2 Å². The number of aryl methyl sites for hydroxylation is 1. The first-order valence-electron chi connectivity index (χ1n) is 6.07. The maximum Gasteiger partial charge on any atom is 0.0684 e. The van der Waals surface area contributed by atoms with Crippen molar-refractivity contribution in [2.45, 2.75) is 27.4 Å². The van der Waals surface area contributed by atoms with Gasteiger partial charge in [-0.1, -0.05) is 19.9 Å². The molecule has 1 saturated heterocycles. The zero-order chi connectivity index (χ0) is 11.7. The van der Waals surface area contributed by atoms with Gasteiger partial charge in [-0.2, -0.15) is 0 Å². The van der Waals surface area contributed by atoms with E-state index in [0.29, 0.717) is 0 Å². The van der Waals surface area contributed by atoms with Crippen molar-refractivity contribution in [3.8, 4) is 0 Å². The molecule has 88 valence electrons. The standard InChI is InChI=1S/C14H21NO/c1-10-6-14(5-4-13(10)9-16)15-7-11(2)12(3)8-15/h4-6,11-12,16H,7-9H2,1-3H3. The molecule has 2 atom stereocenters. The van der Waals surface area contributed by atoms with Crippen LogP contribution in [0.5, 0.6) is 0 Å². The van der Waals surface area contributed by atoms with Gasteiger partial charge in [0.1, 0.15) is 0 Å². The Bertz CT molecular complexity index is 365. The van der Waals surface area contributed by atoms with Gasteiger partial charge in [0.05, 0.1) is 6.61 Å². The number of aliphatic hydroxyl groups excluding tert-OH is 1. The van der Waals surface area contributed by atoms with E-state index >= 15 is 0 Å². The van der Waals surface area contributed by atoms with Gasteiger partial charge in [0, 0.05) is 18.8 Å². The Morgan fingerprint density at radius 3 is 2.38 bits per heavy atom. The number of hydrogen-bond acceptors (Lipinski definition) is 2. The fourth-order valence-electron chi connectivity index (χ4n) is 2.39. The fraction of sp³-hybridized carbons (Fsp3) is 0.571. The second-order valence-electron chi connectivity index (χ2n) is 5.13. The van der Waals surface area contributed by atoms with Gasteiger partial charge in [0.15, 0.2) is 0 Å². The molecule has 1 aromatic carbocycles. The molecule has 0 amide bonds. The molecule has 1 aliphatic heterocycles. The van der Waals surface area contributed by atoms with E-state index in [2.05, 4.69) is 37.8 Å².